The van der Waals surface area contributed by atoms with Crippen LogP contribution in [0.4, 0.5) is 17.6 Å². The Balaban J connectivity index is 2.10. The Hall–Kier alpha value is -2.75. The molecule has 1 heterocycles. The maximum atomic E-state index is 14.2. The summed E-state index contributed by atoms with van der Waals surface area (Å²) in [6, 6.07) is 6.14. The first-order chi connectivity index (χ1) is 13.5. The number of methoxy groups -OCH3 is 1. The van der Waals surface area contributed by atoms with Crippen molar-refractivity contribution in [1.29, 1.82) is 0 Å². The molecule has 2 aromatic carbocycles. The molecule has 1 aliphatic rings. The number of alkyl halides is 3. The van der Waals surface area contributed by atoms with Crippen molar-refractivity contribution in [3.8, 4) is 0 Å². The van der Waals surface area contributed by atoms with E-state index < -0.39 is 53.4 Å². The van der Waals surface area contributed by atoms with Gasteiger partial charge in [-0.3, -0.25) is 19.3 Å². The highest BCUT2D eigenvalue weighted by molar-refractivity contribution is 9.10. The van der Waals surface area contributed by atoms with Crippen LogP contribution in [0.15, 0.2) is 40.9 Å². The first-order valence-electron chi connectivity index (χ1n) is 8.13. The van der Waals surface area contributed by atoms with Crippen molar-refractivity contribution in [2.24, 2.45) is 0 Å². The summed E-state index contributed by atoms with van der Waals surface area (Å²) in [6.45, 7) is -0.495. The molecule has 5 nitrogen and oxygen atoms in total. The van der Waals surface area contributed by atoms with Gasteiger partial charge in [0.15, 0.2) is 5.92 Å². The standard InChI is InChI=1S/C19H12BrF4NO4/c1-29-18(28)15-13-6-10(19(22,23)24)3-5-12(13)16(26)25(17(15)27)8-9-2-4-11(20)7-14(9)21/h2-7,15H,8H2,1H3. The smallest absolute Gasteiger partial charge is 0.416 e. The Kier molecular flexibility index (Phi) is 5.48. The molecule has 3 rings (SSSR count). The molecule has 2 amide bonds. The minimum atomic E-state index is -4.74. The van der Waals surface area contributed by atoms with E-state index in [4.69, 9.17) is 0 Å². The molecule has 1 atom stereocenters. The van der Waals surface area contributed by atoms with E-state index in [1.807, 2.05) is 0 Å². The van der Waals surface area contributed by atoms with Gasteiger partial charge in [0.2, 0.25) is 5.91 Å². The molecular formula is C19H12BrF4NO4. The predicted molar refractivity (Wildman–Crippen MR) is 95.2 cm³/mol. The second-order valence-corrected chi connectivity index (χ2v) is 7.14. The molecule has 0 N–H and O–H groups in total. The van der Waals surface area contributed by atoms with Crippen LogP contribution in [0, 0.1) is 5.82 Å². The van der Waals surface area contributed by atoms with Gasteiger partial charge in [-0.05, 0) is 35.9 Å². The molecule has 29 heavy (non-hydrogen) atoms. The zero-order chi connectivity index (χ0) is 21.5. The molecule has 1 unspecified atom stereocenters. The third-order valence-corrected chi connectivity index (χ3v) is 4.95. The van der Waals surface area contributed by atoms with Gasteiger partial charge in [0.1, 0.15) is 5.82 Å². The Morgan fingerprint density at radius 2 is 1.86 bits per heavy atom. The molecule has 1 aliphatic heterocycles. The number of ether oxygens (including phenoxy) is 1. The summed E-state index contributed by atoms with van der Waals surface area (Å²) in [7, 11) is 0.970. The summed E-state index contributed by atoms with van der Waals surface area (Å²) in [5, 5.41) is 0. The van der Waals surface area contributed by atoms with Gasteiger partial charge in [-0.25, -0.2) is 4.39 Å². The summed E-state index contributed by atoms with van der Waals surface area (Å²) in [5.74, 6) is -5.61. The van der Waals surface area contributed by atoms with E-state index in [9.17, 15) is 31.9 Å². The molecule has 0 saturated carbocycles. The minimum absolute atomic E-state index is 0.00567. The van der Waals surface area contributed by atoms with Crippen LogP contribution < -0.4 is 0 Å². The lowest BCUT2D eigenvalue weighted by Crippen LogP contribution is -2.47. The molecule has 0 spiro atoms. The summed E-state index contributed by atoms with van der Waals surface area (Å²) in [6.07, 6.45) is -4.74. The van der Waals surface area contributed by atoms with Crippen LogP contribution in [0.1, 0.15) is 33.0 Å². The number of hydrogen-bond donors (Lipinski definition) is 0. The number of nitrogens with zero attached hydrogens (tertiary/aromatic N) is 1. The quantitative estimate of drug-likeness (QED) is 0.292. The number of halogens is 5. The molecule has 0 radical (unpaired) electrons. The molecular weight excluding hydrogens is 462 g/mol. The maximum Gasteiger partial charge on any atom is 0.416 e. The Morgan fingerprint density at radius 3 is 2.45 bits per heavy atom. The van der Waals surface area contributed by atoms with Crippen LogP contribution >= 0.6 is 15.9 Å². The Labute approximate surface area is 170 Å². The van der Waals surface area contributed by atoms with Crippen molar-refractivity contribution in [3.05, 3.63) is 68.9 Å². The molecule has 0 aliphatic carbocycles. The number of imide groups is 1. The van der Waals surface area contributed by atoms with Gasteiger partial charge in [-0.2, -0.15) is 13.2 Å². The van der Waals surface area contributed by atoms with Crippen molar-refractivity contribution in [2.45, 2.75) is 18.6 Å². The van der Waals surface area contributed by atoms with Gasteiger partial charge < -0.3 is 4.74 Å². The first kappa shape index (κ1) is 21.0. The molecule has 10 heteroatoms. The van der Waals surface area contributed by atoms with E-state index in [1.165, 1.54) is 12.1 Å². The highest BCUT2D eigenvalue weighted by Gasteiger charge is 2.45. The molecule has 0 saturated heterocycles. The third-order valence-electron chi connectivity index (χ3n) is 4.46. The van der Waals surface area contributed by atoms with E-state index in [1.54, 1.807) is 0 Å². The van der Waals surface area contributed by atoms with Gasteiger partial charge in [0.25, 0.3) is 5.91 Å². The van der Waals surface area contributed by atoms with Crippen molar-refractivity contribution >= 4 is 33.7 Å². The second-order valence-electron chi connectivity index (χ2n) is 6.22. The number of esters is 1. The molecule has 0 bridgehead atoms. The second kappa shape index (κ2) is 7.58. The predicted octanol–water partition coefficient (Wildman–Crippen LogP) is 4.05. The lowest BCUT2D eigenvalue weighted by atomic mass is 9.86. The molecule has 152 valence electrons. The molecule has 0 aromatic heterocycles. The van der Waals surface area contributed by atoms with Crippen molar-refractivity contribution in [1.82, 2.24) is 4.90 Å². The van der Waals surface area contributed by atoms with E-state index in [-0.39, 0.29) is 11.1 Å². The van der Waals surface area contributed by atoms with E-state index in [2.05, 4.69) is 20.7 Å². The zero-order valence-electron chi connectivity index (χ0n) is 14.7. The van der Waals surface area contributed by atoms with Crippen LogP contribution in [-0.4, -0.2) is 29.8 Å². The van der Waals surface area contributed by atoms with Crippen LogP contribution in [-0.2, 0) is 27.0 Å². The van der Waals surface area contributed by atoms with Gasteiger partial charge in [0.05, 0.1) is 19.2 Å². The summed E-state index contributed by atoms with van der Waals surface area (Å²) >= 11 is 3.09. The lowest BCUT2D eigenvalue weighted by molar-refractivity contribution is -0.149. The lowest BCUT2D eigenvalue weighted by Gasteiger charge is -2.31. The number of carbonyl (C=O) groups excluding carboxylic acids is 3. The summed E-state index contributed by atoms with van der Waals surface area (Å²) < 4.78 is 58.3. The van der Waals surface area contributed by atoms with Crippen molar-refractivity contribution < 1.29 is 36.7 Å². The normalized spacial score (nSPS) is 16.6. The fraction of sp³-hybridized carbons (Fsp3) is 0.211. The average Bonchev–Trinajstić information content (AvgIpc) is 2.65. The van der Waals surface area contributed by atoms with Gasteiger partial charge in [-0.15, -0.1) is 0 Å². The highest BCUT2D eigenvalue weighted by Crippen LogP contribution is 2.37. The third kappa shape index (κ3) is 3.89. The maximum absolute atomic E-state index is 14.2. The molecule has 0 fully saturated rings. The van der Waals surface area contributed by atoms with Crippen molar-refractivity contribution in [3.63, 3.8) is 0 Å². The van der Waals surface area contributed by atoms with E-state index in [0.29, 0.717) is 21.5 Å². The highest BCUT2D eigenvalue weighted by atomic mass is 79.9. The fourth-order valence-corrected chi connectivity index (χ4v) is 3.36. The number of amides is 2. The van der Waals surface area contributed by atoms with Crippen LogP contribution in [0.3, 0.4) is 0 Å². The van der Waals surface area contributed by atoms with Crippen LogP contribution in [0.5, 0.6) is 0 Å². The SMILES string of the molecule is COC(=O)C1C(=O)N(Cc2ccc(Br)cc2F)C(=O)c2ccc(C(F)(F)F)cc21. The van der Waals surface area contributed by atoms with Crippen LogP contribution in [0.25, 0.3) is 0 Å². The number of benzene rings is 2. The topological polar surface area (TPSA) is 63.7 Å². The van der Waals surface area contributed by atoms with Gasteiger partial charge >= 0.3 is 12.1 Å². The van der Waals surface area contributed by atoms with E-state index in [0.717, 1.165) is 19.2 Å². The zero-order valence-corrected chi connectivity index (χ0v) is 16.3. The summed E-state index contributed by atoms with van der Waals surface area (Å²) in [5.41, 5.74) is -1.77. The Bertz CT molecular complexity index is 1020. The number of carbonyl (C=O) groups is 3. The minimum Gasteiger partial charge on any atom is -0.468 e. The monoisotopic (exact) mass is 473 g/mol. The Morgan fingerprint density at radius 1 is 1.17 bits per heavy atom. The molecule has 2 aromatic rings. The van der Waals surface area contributed by atoms with Crippen molar-refractivity contribution in [2.75, 3.05) is 7.11 Å². The van der Waals surface area contributed by atoms with Crippen LogP contribution in [0.2, 0.25) is 0 Å². The number of rotatable bonds is 3. The summed E-state index contributed by atoms with van der Waals surface area (Å²) in [4.78, 5) is 38.4. The van der Waals surface area contributed by atoms with Gasteiger partial charge in [-0.1, -0.05) is 22.0 Å². The van der Waals surface area contributed by atoms with E-state index >= 15 is 0 Å². The number of hydrogen-bond acceptors (Lipinski definition) is 4. The number of fused-ring (bicyclic) bond motifs is 1. The first-order valence-corrected chi connectivity index (χ1v) is 8.92. The largest absolute Gasteiger partial charge is 0.468 e. The average molecular weight is 474 g/mol. The van der Waals surface area contributed by atoms with Gasteiger partial charge in [0, 0.05) is 15.6 Å². The fourth-order valence-electron chi connectivity index (χ4n) is 3.02.